The van der Waals surface area contributed by atoms with Crippen LogP contribution in [0.25, 0.3) is 22.2 Å². The van der Waals surface area contributed by atoms with Gasteiger partial charge in [0.15, 0.2) is 0 Å². The average Bonchev–Trinajstić information content (AvgIpc) is 3.67. The highest BCUT2D eigenvalue weighted by molar-refractivity contribution is 7.81. The van der Waals surface area contributed by atoms with Gasteiger partial charge in [0.05, 0.1) is 5.69 Å². The second kappa shape index (κ2) is 10.6. The van der Waals surface area contributed by atoms with E-state index in [0.717, 1.165) is 64.4 Å². The Balaban J connectivity index is 1.48. The van der Waals surface area contributed by atoms with Gasteiger partial charge in [-0.2, -0.15) is 0 Å². The molecule has 6 nitrogen and oxygen atoms in total. The number of carbonyl (C=O) groups excluding carboxylic acids is 1. The normalized spacial score (nSPS) is 14.2. The molecule has 2 aromatic carbocycles. The summed E-state index contributed by atoms with van der Waals surface area (Å²) in [4.78, 5) is 17.7. The summed E-state index contributed by atoms with van der Waals surface area (Å²) in [6.07, 6.45) is 4.82. The SMILES string of the molecule is CCCCc1cc2c(C)cc(C)nc2n1Cc1ccc(-c2ccccc2N(C(=O)C2CC2)S(=O)O)cc1. The van der Waals surface area contributed by atoms with Gasteiger partial charge >= 0.3 is 0 Å². The molecule has 1 saturated carbocycles. The van der Waals surface area contributed by atoms with Gasteiger partial charge in [-0.15, -0.1) is 0 Å². The number of anilines is 1. The van der Waals surface area contributed by atoms with Gasteiger partial charge in [0, 0.05) is 34.8 Å². The van der Waals surface area contributed by atoms with Crippen molar-refractivity contribution >= 4 is 33.9 Å². The number of para-hydroxylation sites is 1. The summed E-state index contributed by atoms with van der Waals surface area (Å²) in [5, 5.41) is 1.21. The maximum Gasteiger partial charge on any atom is 0.268 e. The number of nitrogens with zero attached hydrogens (tertiary/aromatic N) is 3. The van der Waals surface area contributed by atoms with Crippen molar-refractivity contribution in [3.8, 4) is 11.1 Å². The Morgan fingerprint density at radius 3 is 2.51 bits per heavy atom. The van der Waals surface area contributed by atoms with Crippen LogP contribution in [0.3, 0.4) is 0 Å². The monoisotopic (exact) mass is 515 g/mol. The molecule has 2 aromatic heterocycles. The van der Waals surface area contributed by atoms with E-state index in [9.17, 15) is 13.6 Å². The Labute approximate surface area is 220 Å². The summed E-state index contributed by atoms with van der Waals surface area (Å²) in [6.45, 7) is 7.11. The smallest absolute Gasteiger partial charge is 0.268 e. The second-order valence-corrected chi connectivity index (χ2v) is 10.8. The Bertz CT molecular complexity index is 1470. The predicted octanol–water partition coefficient (Wildman–Crippen LogP) is 6.59. The fraction of sp³-hybridized carbons (Fsp3) is 0.333. The molecule has 1 aliphatic carbocycles. The van der Waals surface area contributed by atoms with Crippen molar-refractivity contribution < 1.29 is 13.6 Å². The van der Waals surface area contributed by atoms with Crippen LogP contribution in [-0.4, -0.2) is 24.2 Å². The minimum absolute atomic E-state index is 0.161. The first kappa shape index (κ1) is 25.4. The standard InChI is InChI=1S/C30H33N3O3S/c1-4-5-8-25-18-27-20(2)17-21(3)31-29(27)32(25)19-22-11-13-23(14-12-22)26-9-6-7-10-28(26)33(37(35)36)30(34)24-15-16-24/h6-7,9-14,17-18,24H,4-5,8,15-16,19H2,1-3H3,(H,35,36). The lowest BCUT2D eigenvalue weighted by molar-refractivity contribution is -0.118. The van der Waals surface area contributed by atoms with E-state index in [4.69, 9.17) is 4.98 Å². The molecular formula is C30H33N3O3S. The van der Waals surface area contributed by atoms with E-state index in [2.05, 4.69) is 42.7 Å². The molecule has 1 unspecified atom stereocenters. The van der Waals surface area contributed by atoms with Crippen LogP contribution in [0.1, 0.15) is 55.1 Å². The molecular weight excluding hydrogens is 482 g/mol. The number of aryl methyl sites for hydroxylation is 3. The van der Waals surface area contributed by atoms with Crippen LogP contribution < -0.4 is 4.31 Å². The Morgan fingerprint density at radius 1 is 1.11 bits per heavy atom. The van der Waals surface area contributed by atoms with E-state index < -0.39 is 11.3 Å². The lowest BCUT2D eigenvalue weighted by atomic mass is 10.0. The van der Waals surface area contributed by atoms with Crippen LogP contribution in [0, 0.1) is 19.8 Å². The number of unbranched alkanes of at least 4 members (excludes halogenated alkanes) is 1. The van der Waals surface area contributed by atoms with Crippen molar-refractivity contribution in [1.82, 2.24) is 9.55 Å². The number of hydrogen-bond acceptors (Lipinski definition) is 3. The number of hydrogen-bond donors (Lipinski definition) is 1. The van der Waals surface area contributed by atoms with Crippen LogP contribution in [-0.2, 0) is 29.0 Å². The highest BCUT2D eigenvalue weighted by atomic mass is 32.2. The van der Waals surface area contributed by atoms with Gasteiger partial charge in [0.1, 0.15) is 5.65 Å². The number of amides is 1. The second-order valence-electron chi connectivity index (χ2n) is 9.99. The highest BCUT2D eigenvalue weighted by Crippen LogP contribution is 2.37. The first-order valence-corrected chi connectivity index (χ1v) is 14.0. The van der Waals surface area contributed by atoms with E-state index >= 15 is 0 Å². The van der Waals surface area contributed by atoms with E-state index in [1.54, 1.807) is 12.1 Å². The molecule has 0 aliphatic heterocycles. The maximum atomic E-state index is 12.8. The van der Waals surface area contributed by atoms with Crippen molar-refractivity contribution in [3.05, 3.63) is 83.2 Å². The molecule has 1 aliphatic rings. The van der Waals surface area contributed by atoms with Gasteiger partial charge in [-0.3, -0.25) is 9.35 Å². The van der Waals surface area contributed by atoms with Crippen LogP contribution in [0.4, 0.5) is 5.69 Å². The van der Waals surface area contributed by atoms with Crippen molar-refractivity contribution in [1.29, 1.82) is 0 Å². The van der Waals surface area contributed by atoms with E-state index in [-0.39, 0.29) is 11.8 Å². The summed E-state index contributed by atoms with van der Waals surface area (Å²) in [5.41, 5.74) is 7.85. The first-order valence-electron chi connectivity index (χ1n) is 13.0. The maximum absolute atomic E-state index is 12.8. The predicted molar refractivity (Wildman–Crippen MR) is 150 cm³/mol. The number of rotatable bonds is 9. The summed E-state index contributed by atoms with van der Waals surface area (Å²) in [7, 11) is 0. The minimum atomic E-state index is -2.43. The van der Waals surface area contributed by atoms with Gasteiger partial charge in [-0.05, 0) is 74.4 Å². The molecule has 0 saturated heterocycles. The van der Waals surface area contributed by atoms with Crippen LogP contribution in [0.15, 0.2) is 60.7 Å². The van der Waals surface area contributed by atoms with Crippen LogP contribution in [0.2, 0.25) is 0 Å². The average molecular weight is 516 g/mol. The van der Waals surface area contributed by atoms with Crippen molar-refractivity contribution in [2.24, 2.45) is 5.92 Å². The Kier molecular flexibility index (Phi) is 7.26. The lowest BCUT2D eigenvalue weighted by Crippen LogP contribution is -2.34. The third-order valence-electron chi connectivity index (χ3n) is 7.08. The first-order chi connectivity index (χ1) is 17.9. The molecule has 4 aromatic rings. The Morgan fingerprint density at radius 2 is 1.84 bits per heavy atom. The molecule has 7 heteroatoms. The molecule has 2 heterocycles. The zero-order valence-electron chi connectivity index (χ0n) is 21.6. The van der Waals surface area contributed by atoms with Crippen molar-refractivity contribution in [2.75, 3.05) is 4.31 Å². The largest absolute Gasteiger partial charge is 0.325 e. The summed E-state index contributed by atoms with van der Waals surface area (Å²) in [5.74, 6) is -0.451. The van der Waals surface area contributed by atoms with Gasteiger partial charge < -0.3 is 4.57 Å². The van der Waals surface area contributed by atoms with Crippen molar-refractivity contribution in [2.45, 2.75) is 59.4 Å². The summed E-state index contributed by atoms with van der Waals surface area (Å²) < 4.78 is 25.5. The molecule has 0 spiro atoms. The molecule has 1 fully saturated rings. The molecule has 1 N–H and O–H groups in total. The number of fused-ring (bicyclic) bond motifs is 1. The summed E-state index contributed by atoms with van der Waals surface area (Å²) >= 11 is -2.43. The minimum Gasteiger partial charge on any atom is -0.325 e. The van der Waals surface area contributed by atoms with E-state index in [1.807, 2.05) is 31.2 Å². The quantitative estimate of drug-likeness (QED) is 0.255. The van der Waals surface area contributed by atoms with Crippen LogP contribution >= 0.6 is 0 Å². The van der Waals surface area contributed by atoms with E-state index in [0.29, 0.717) is 12.2 Å². The third-order valence-corrected chi connectivity index (χ3v) is 7.77. The number of benzene rings is 2. The molecule has 1 atom stereocenters. The molecule has 37 heavy (non-hydrogen) atoms. The molecule has 5 rings (SSSR count). The Hall–Kier alpha value is -3.29. The highest BCUT2D eigenvalue weighted by Gasteiger charge is 2.37. The van der Waals surface area contributed by atoms with Crippen molar-refractivity contribution in [3.63, 3.8) is 0 Å². The van der Waals surface area contributed by atoms with Gasteiger partial charge in [0.2, 0.25) is 5.91 Å². The topological polar surface area (TPSA) is 75.4 Å². The molecule has 192 valence electrons. The zero-order chi connectivity index (χ0) is 26.1. The summed E-state index contributed by atoms with van der Waals surface area (Å²) in [6, 6.07) is 20.0. The van der Waals surface area contributed by atoms with Crippen LogP contribution in [0.5, 0.6) is 0 Å². The lowest BCUT2D eigenvalue weighted by Gasteiger charge is -2.21. The number of aromatic nitrogens is 2. The number of carbonyl (C=O) groups is 1. The van der Waals surface area contributed by atoms with E-state index in [1.165, 1.54) is 16.6 Å². The molecule has 1 amide bonds. The van der Waals surface area contributed by atoms with Gasteiger partial charge in [0.25, 0.3) is 11.3 Å². The molecule has 0 radical (unpaired) electrons. The zero-order valence-corrected chi connectivity index (χ0v) is 22.4. The van der Waals surface area contributed by atoms with Gasteiger partial charge in [-0.25, -0.2) is 13.5 Å². The number of pyridine rings is 1. The van der Waals surface area contributed by atoms with Gasteiger partial charge in [-0.1, -0.05) is 55.8 Å². The third kappa shape index (κ3) is 5.24. The fourth-order valence-electron chi connectivity index (χ4n) is 4.98. The fourth-order valence-corrected chi connectivity index (χ4v) is 5.61. The molecule has 0 bridgehead atoms.